The number of methoxy groups -OCH3 is 1. The molecule has 22 heavy (non-hydrogen) atoms. The Morgan fingerprint density at radius 3 is 3.05 bits per heavy atom. The van der Waals surface area contributed by atoms with Gasteiger partial charge in [-0.2, -0.15) is 5.10 Å². The Morgan fingerprint density at radius 1 is 1.36 bits per heavy atom. The number of aromatic nitrogens is 4. The van der Waals surface area contributed by atoms with Gasteiger partial charge in [0.1, 0.15) is 0 Å². The third-order valence-corrected chi connectivity index (χ3v) is 3.14. The summed E-state index contributed by atoms with van der Waals surface area (Å²) in [6, 6.07) is 8.65. The highest BCUT2D eigenvalue weighted by molar-refractivity contribution is 5.99. The number of aromatic amines is 1. The van der Waals surface area contributed by atoms with Crippen LogP contribution in [0.5, 0.6) is 11.5 Å². The molecule has 0 aliphatic heterocycles. The number of H-pyrrole nitrogens is 1. The minimum absolute atomic E-state index is 0.0930. The van der Waals surface area contributed by atoms with Crippen molar-refractivity contribution in [2.24, 2.45) is 5.10 Å². The third-order valence-electron chi connectivity index (χ3n) is 3.14. The summed E-state index contributed by atoms with van der Waals surface area (Å²) < 4.78 is 6.69. The fourth-order valence-corrected chi connectivity index (χ4v) is 1.93. The van der Waals surface area contributed by atoms with Crippen LogP contribution in [0, 0.1) is 0 Å². The van der Waals surface area contributed by atoms with Crippen molar-refractivity contribution in [1.82, 2.24) is 15.3 Å². The van der Waals surface area contributed by atoms with Crippen molar-refractivity contribution >= 4 is 17.2 Å². The van der Waals surface area contributed by atoms with Crippen molar-refractivity contribution in [1.29, 1.82) is 0 Å². The number of phenols is 1. The lowest BCUT2D eigenvalue weighted by atomic mass is 10.1. The van der Waals surface area contributed by atoms with Crippen LogP contribution in [-0.2, 0) is 0 Å². The number of ether oxygens (including phenoxy) is 1. The van der Waals surface area contributed by atoms with Crippen LogP contribution in [0.3, 0.4) is 0 Å². The second-order valence-corrected chi connectivity index (χ2v) is 4.59. The van der Waals surface area contributed by atoms with Crippen molar-refractivity contribution in [2.45, 2.75) is 6.92 Å². The number of phenolic OH excluding ortho intramolecular Hbond substituents is 1. The molecule has 0 amide bonds. The summed E-state index contributed by atoms with van der Waals surface area (Å²) in [6.07, 6.45) is 1.64. The summed E-state index contributed by atoms with van der Waals surface area (Å²) in [5.74, 6) is 1.08. The predicted molar refractivity (Wildman–Crippen MR) is 80.0 cm³/mol. The first-order chi connectivity index (χ1) is 10.7. The van der Waals surface area contributed by atoms with E-state index in [0.29, 0.717) is 11.6 Å². The van der Waals surface area contributed by atoms with Crippen LogP contribution in [0.25, 0.3) is 5.65 Å². The van der Waals surface area contributed by atoms with E-state index in [1.807, 2.05) is 13.0 Å². The van der Waals surface area contributed by atoms with Crippen molar-refractivity contribution < 1.29 is 14.4 Å². The summed E-state index contributed by atoms with van der Waals surface area (Å²) in [4.78, 5) is 0. The summed E-state index contributed by atoms with van der Waals surface area (Å²) in [5, 5.41) is 24.9. The third kappa shape index (κ3) is 2.66. The molecule has 1 aromatic carbocycles. The van der Waals surface area contributed by atoms with E-state index in [4.69, 9.17) is 4.74 Å². The molecule has 0 aliphatic rings. The molecule has 2 aromatic heterocycles. The topological polar surface area (TPSA) is 99.5 Å². The van der Waals surface area contributed by atoms with Crippen LogP contribution in [0.1, 0.15) is 12.5 Å². The number of nitrogens with one attached hydrogen (secondary N) is 2. The lowest BCUT2D eigenvalue weighted by Crippen LogP contribution is -2.24. The van der Waals surface area contributed by atoms with E-state index in [9.17, 15) is 5.11 Å². The Labute approximate surface area is 126 Å². The molecule has 8 heteroatoms. The highest BCUT2D eigenvalue weighted by Crippen LogP contribution is 2.26. The molecule has 0 saturated heterocycles. The van der Waals surface area contributed by atoms with Gasteiger partial charge in [-0.1, -0.05) is 5.10 Å². The van der Waals surface area contributed by atoms with Gasteiger partial charge in [0.2, 0.25) is 6.33 Å². The van der Waals surface area contributed by atoms with E-state index < -0.39 is 0 Å². The summed E-state index contributed by atoms with van der Waals surface area (Å²) >= 11 is 0. The van der Waals surface area contributed by atoms with E-state index in [1.165, 1.54) is 7.11 Å². The van der Waals surface area contributed by atoms with E-state index in [2.05, 4.69) is 25.8 Å². The molecule has 0 saturated carbocycles. The number of aromatic hydroxyl groups is 1. The van der Waals surface area contributed by atoms with Crippen molar-refractivity contribution in [3.05, 3.63) is 42.2 Å². The zero-order valence-electron chi connectivity index (χ0n) is 12.1. The number of fused-ring (bicyclic) bond motifs is 1. The van der Waals surface area contributed by atoms with E-state index >= 15 is 0 Å². The summed E-state index contributed by atoms with van der Waals surface area (Å²) in [5.41, 5.74) is 5.17. The monoisotopic (exact) mass is 299 g/mol. The van der Waals surface area contributed by atoms with Gasteiger partial charge in [-0.3, -0.25) is 5.43 Å². The van der Waals surface area contributed by atoms with Gasteiger partial charge in [-0.25, -0.2) is 0 Å². The van der Waals surface area contributed by atoms with Crippen LogP contribution in [0.2, 0.25) is 0 Å². The van der Waals surface area contributed by atoms with Crippen molar-refractivity contribution in [3.63, 3.8) is 0 Å². The molecular weight excluding hydrogens is 284 g/mol. The highest BCUT2D eigenvalue weighted by atomic mass is 16.5. The minimum Gasteiger partial charge on any atom is -0.504 e. The molecule has 3 aromatic rings. The number of benzene rings is 1. The molecule has 0 fully saturated rings. The van der Waals surface area contributed by atoms with E-state index in [-0.39, 0.29) is 5.75 Å². The molecule has 8 nitrogen and oxygen atoms in total. The lowest BCUT2D eigenvalue weighted by Gasteiger charge is -2.06. The van der Waals surface area contributed by atoms with Crippen LogP contribution in [0.4, 0.5) is 5.82 Å². The number of hydrogen-bond donors (Lipinski definition) is 3. The minimum atomic E-state index is 0.0930. The first-order valence-corrected chi connectivity index (χ1v) is 6.57. The highest BCUT2D eigenvalue weighted by Gasteiger charge is 2.07. The molecule has 0 bridgehead atoms. The Hall–Kier alpha value is -3.16. The second kappa shape index (κ2) is 5.68. The summed E-state index contributed by atoms with van der Waals surface area (Å²) in [7, 11) is 1.50. The number of anilines is 1. The maximum atomic E-state index is 9.60. The average molecular weight is 299 g/mol. The zero-order chi connectivity index (χ0) is 15.5. The lowest BCUT2D eigenvalue weighted by molar-refractivity contribution is -0.579. The molecule has 0 spiro atoms. The standard InChI is InChI=1S/C14H14N6O2/c1-9(10-3-4-11(21)12(7-10)22-2)16-17-13-5-6-14-18-15-8-20(14)19-13/h3-8H,1-2H3,(H2,16,17,18,19,21)/p+1. The molecule has 0 atom stereocenters. The second-order valence-electron chi connectivity index (χ2n) is 4.59. The molecule has 0 radical (unpaired) electrons. The van der Waals surface area contributed by atoms with Crippen LogP contribution in [0.15, 0.2) is 41.8 Å². The van der Waals surface area contributed by atoms with Gasteiger partial charge in [0.05, 0.1) is 12.8 Å². The summed E-state index contributed by atoms with van der Waals surface area (Å²) in [6.45, 7) is 1.85. The maximum absolute atomic E-state index is 9.60. The van der Waals surface area contributed by atoms with Gasteiger partial charge in [0.25, 0.3) is 0 Å². The molecule has 3 N–H and O–H groups in total. The number of hydrogen-bond acceptors (Lipinski definition) is 6. The van der Waals surface area contributed by atoms with Gasteiger partial charge in [-0.15, -0.1) is 9.61 Å². The van der Waals surface area contributed by atoms with Gasteiger partial charge in [-0.05, 0) is 31.2 Å². The van der Waals surface area contributed by atoms with Gasteiger partial charge < -0.3 is 9.84 Å². The van der Waals surface area contributed by atoms with Gasteiger partial charge >= 0.3 is 5.65 Å². The molecule has 2 heterocycles. The van der Waals surface area contributed by atoms with Gasteiger partial charge in [0, 0.05) is 16.7 Å². The van der Waals surface area contributed by atoms with Crippen LogP contribution in [-0.4, -0.2) is 33.2 Å². The van der Waals surface area contributed by atoms with E-state index in [1.54, 1.807) is 35.1 Å². The average Bonchev–Trinajstić information content (AvgIpc) is 3.00. The number of nitrogens with zero attached hydrogens (tertiary/aromatic N) is 4. The Bertz CT molecular complexity index is 842. The molecule has 0 unspecified atom stereocenters. The van der Waals surface area contributed by atoms with Crippen LogP contribution >= 0.6 is 0 Å². The largest absolute Gasteiger partial charge is 0.504 e. The van der Waals surface area contributed by atoms with E-state index in [0.717, 1.165) is 16.9 Å². The fraction of sp³-hybridized carbons (Fsp3) is 0.143. The molecule has 0 aliphatic carbocycles. The number of hydrazone groups is 1. The first kappa shape index (κ1) is 13.8. The Kier molecular flexibility index (Phi) is 3.57. The van der Waals surface area contributed by atoms with Gasteiger partial charge in [0.15, 0.2) is 17.3 Å². The first-order valence-electron chi connectivity index (χ1n) is 6.57. The molecule has 112 valence electrons. The van der Waals surface area contributed by atoms with Crippen molar-refractivity contribution in [2.75, 3.05) is 12.5 Å². The molecular formula is C14H15N6O2+. The predicted octanol–water partition coefficient (Wildman–Crippen LogP) is 1.09. The Morgan fingerprint density at radius 2 is 2.23 bits per heavy atom. The van der Waals surface area contributed by atoms with Crippen molar-refractivity contribution in [3.8, 4) is 11.5 Å². The zero-order valence-corrected chi connectivity index (χ0v) is 12.1. The number of rotatable bonds is 4. The SMILES string of the molecule is COc1cc(C(C)=NNc2ccc3n[nH]c[n+]3n2)ccc1O. The Balaban J connectivity index is 1.81. The smallest absolute Gasteiger partial charge is 0.325 e. The molecule has 3 rings (SSSR count). The normalized spacial score (nSPS) is 11.6. The fourth-order valence-electron chi connectivity index (χ4n) is 1.93. The maximum Gasteiger partial charge on any atom is 0.325 e. The van der Waals surface area contributed by atoms with Crippen LogP contribution < -0.4 is 14.7 Å². The quantitative estimate of drug-likeness (QED) is 0.380.